The van der Waals surface area contributed by atoms with Gasteiger partial charge in [-0.25, -0.2) is 0 Å². The average molecular weight is 347 g/mol. The second-order valence-electron chi connectivity index (χ2n) is 6.78. The van der Waals surface area contributed by atoms with Crippen molar-refractivity contribution in [2.24, 2.45) is 0 Å². The zero-order valence-corrected chi connectivity index (χ0v) is 15.3. The van der Waals surface area contributed by atoms with E-state index in [2.05, 4.69) is 17.9 Å². The van der Waals surface area contributed by atoms with Crippen molar-refractivity contribution in [3.63, 3.8) is 0 Å². The molecule has 1 aliphatic rings. The summed E-state index contributed by atoms with van der Waals surface area (Å²) in [5, 5.41) is 8.89. The van der Waals surface area contributed by atoms with Gasteiger partial charge in [0.1, 0.15) is 0 Å². The fourth-order valence-electron chi connectivity index (χ4n) is 3.34. The molecule has 0 radical (unpaired) electrons. The van der Waals surface area contributed by atoms with Gasteiger partial charge in [0.2, 0.25) is 0 Å². The molecule has 1 fully saturated rings. The van der Waals surface area contributed by atoms with E-state index in [0.29, 0.717) is 5.56 Å². The van der Waals surface area contributed by atoms with Crippen LogP contribution in [0.1, 0.15) is 40.4 Å². The predicted molar refractivity (Wildman–Crippen MR) is 103 cm³/mol. The smallest absolute Gasteiger partial charge is 0.253 e. The molecular weight excluding hydrogens is 322 g/mol. The van der Waals surface area contributed by atoms with Crippen molar-refractivity contribution in [2.45, 2.75) is 26.3 Å². The van der Waals surface area contributed by atoms with Crippen molar-refractivity contribution in [1.29, 1.82) is 5.26 Å². The highest BCUT2D eigenvalue weighted by atomic mass is 16.2. The highest BCUT2D eigenvalue weighted by Gasteiger charge is 2.20. The van der Waals surface area contributed by atoms with E-state index in [1.54, 1.807) is 0 Å². The quantitative estimate of drug-likeness (QED) is 0.851. The molecule has 0 atom stereocenters. The molecule has 1 heterocycles. The summed E-state index contributed by atoms with van der Waals surface area (Å²) in [4.78, 5) is 17.1. The standard InChI is InChI=1S/C22H25N3O/c1-2-18-8-10-21(11-9-18)22(26)25-13-3-12-24(14-15-25)17-20-6-4-19(16-23)5-7-20/h4-11H,2-3,12-15,17H2,1H3. The maximum atomic E-state index is 12.8. The van der Waals surface area contributed by atoms with E-state index in [-0.39, 0.29) is 5.91 Å². The van der Waals surface area contributed by atoms with Crippen molar-refractivity contribution in [3.8, 4) is 6.07 Å². The third-order valence-corrected chi connectivity index (χ3v) is 4.97. The topological polar surface area (TPSA) is 47.3 Å². The van der Waals surface area contributed by atoms with Gasteiger partial charge in [-0.1, -0.05) is 31.2 Å². The minimum Gasteiger partial charge on any atom is -0.337 e. The molecule has 3 rings (SSSR count). The second kappa shape index (κ2) is 8.64. The molecule has 26 heavy (non-hydrogen) atoms. The number of amides is 1. The minimum absolute atomic E-state index is 0.132. The summed E-state index contributed by atoms with van der Waals surface area (Å²) in [7, 11) is 0. The van der Waals surface area contributed by atoms with Gasteiger partial charge >= 0.3 is 0 Å². The van der Waals surface area contributed by atoms with Gasteiger partial charge in [-0.05, 0) is 48.2 Å². The Kier molecular flexibility index (Phi) is 6.04. The molecular formula is C22H25N3O. The number of carbonyl (C=O) groups is 1. The number of aryl methyl sites for hydroxylation is 1. The summed E-state index contributed by atoms with van der Waals surface area (Å²) in [5.41, 5.74) is 3.93. The van der Waals surface area contributed by atoms with E-state index in [1.807, 2.05) is 53.4 Å². The van der Waals surface area contributed by atoms with Crippen molar-refractivity contribution in [1.82, 2.24) is 9.80 Å². The first kappa shape index (κ1) is 18.2. The zero-order valence-electron chi connectivity index (χ0n) is 15.3. The summed E-state index contributed by atoms with van der Waals surface area (Å²) in [6.07, 6.45) is 1.97. The Labute approximate surface area is 155 Å². The molecule has 2 aromatic carbocycles. The summed E-state index contributed by atoms with van der Waals surface area (Å²) in [5.74, 6) is 0.132. The number of nitriles is 1. The van der Waals surface area contributed by atoms with Crippen LogP contribution in [0.25, 0.3) is 0 Å². The Balaban J connectivity index is 1.58. The number of benzene rings is 2. The van der Waals surface area contributed by atoms with Crippen LogP contribution in [0.2, 0.25) is 0 Å². The summed E-state index contributed by atoms with van der Waals surface area (Å²) < 4.78 is 0. The lowest BCUT2D eigenvalue weighted by atomic mass is 10.1. The van der Waals surface area contributed by atoms with E-state index in [0.717, 1.165) is 51.1 Å². The van der Waals surface area contributed by atoms with Crippen molar-refractivity contribution < 1.29 is 4.79 Å². The van der Waals surface area contributed by atoms with Crippen LogP contribution in [-0.2, 0) is 13.0 Å². The molecule has 4 nitrogen and oxygen atoms in total. The van der Waals surface area contributed by atoms with Gasteiger partial charge in [-0.3, -0.25) is 9.69 Å². The van der Waals surface area contributed by atoms with E-state index >= 15 is 0 Å². The largest absolute Gasteiger partial charge is 0.337 e. The Morgan fingerprint density at radius 3 is 2.31 bits per heavy atom. The highest BCUT2D eigenvalue weighted by Crippen LogP contribution is 2.13. The third-order valence-electron chi connectivity index (χ3n) is 4.97. The lowest BCUT2D eigenvalue weighted by molar-refractivity contribution is 0.0761. The molecule has 0 N–H and O–H groups in total. The molecule has 0 aromatic heterocycles. The van der Waals surface area contributed by atoms with Gasteiger partial charge in [0.25, 0.3) is 5.91 Å². The number of nitrogens with zero attached hydrogens (tertiary/aromatic N) is 3. The number of hydrogen-bond acceptors (Lipinski definition) is 3. The van der Waals surface area contributed by atoms with Crippen LogP contribution >= 0.6 is 0 Å². The van der Waals surface area contributed by atoms with Crippen LogP contribution in [0.15, 0.2) is 48.5 Å². The first-order valence-corrected chi connectivity index (χ1v) is 9.29. The fraction of sp³-hybridized carbons (Fsp3) is 0.364. The maximum Gasteiger partial charge on any atom is 0.253 e. The molecule has 0 spiro atoms. The van der Waals surface area contributed by atoms with Gasteiger partial charge in [0, 0.05) is 38.3 Å². The summed E-state index contributed by atoms with van der Waals surface area (Å²) in [6, 6.07) is 17.9. The van der Waals surface area contributed by atoms with E-state index in [9.17, 15) is 4.79 Å². The average Bonchev–Trinajstić information content (AvgIpc) is 2.94. The molecule has 0 unspecified atom stereocenters. The lowest BCUT2D eigenvalue weighted by Crippen LogP contribution is -2.35. The highest BCUT2D eigenvalue weighted by molar-refractivity contribution is 5.94. The second-order valence-corrected chi connectivity index (χ2v) is 6.78. The summed E-state index contributed by atoms with van der Waals surface area (Å²) in [6.45, 7) is 6.40. The van der Waals surface area contributed by atoms with Crippen molar-refractivity contribution >= 4 is 5.91 Å². The van der Waals surface area contributed by atoms with Crippen molar-refractivity contribution in [3.05, 3.63) is 70.8 Å². The van der Waals surface area contributed by atoms with Gasteiger partial charge in [-0.15, -0.1) is 0 Å². The first-order valence-electron chi connectivity index (χ1n) is 9.29. The molecule has 0 aliphatic carbocycles. The third kappa shape index (κ3) is 4.50. The number of hydrogen-bond donors (Lipinski definition) is 0. The molecule has 1 saturated heterocycles. The van der Waals surface area contributed by atoms with Crippen LogP contribution in [0.3, 0.4) is 0 Å². The normalized spacial score (nSPS) is 15.3. The van der Waals surface area contributed by atoms with Crippen LogP contribution in [-0.4, -0.2) is 41.9 Å². The Morgan fingerprint density at radius 1 is 0.962 bits per heavy atom. The van der Waals surface area contributed by atoms with Crippen LogP contribution in [0.5, 0.6) is 0 Å². The molecule has 0 saturated carbocycles. The van der Waals surface area contributed by atoms with Gasteiger partial charge in [0.15, 0.2) is 0 Å². The van der Waals surface area contributed by atoms with Crippen LogP contribution in [0.4, 0.5) is 0 Å². The molecule has 134 valence electrons. The summed E-state index contributed by atoms with van der Waals surface area (Å²) >= 11 is 0. The van der Waals surface area contributed by atoms with Gasteiger partial charge in [0.05, 0.1) is 11.6 Å². The van der Waals surface area contributed by atoms with Crippen LogP contribution in [0, 0.1) is 11.3 Å². The number of rotatable bonds is 4. The molecule has 1 aliphatic heterocycles. The lowest BCUT2D eigenvalue weighted by Gasteiger charge is -2.22. The Hall–Kier alpha value is -2.64. The zero-order chi connectivity index (χ0) is 18.4. The maximum absolute atomic E-state index is 12.8. The van der Waals surface area contributed by atoms with E-state index in [4.69, 9.17) is 5.26 Å². The predicted octanol–water partition coefficient (Wildman–Crippen LogP) is 3.47. The van der Waals surface area contributed by atoms with E-state index < -0.39 is 0 Å². The molecule has 1 amide bonds. The van der Waals surface area contributed by atoms with E-state index in [1.165, 1.54) is 11.1 Å². The van der Waals surface area contributed by atoms with Crippen LogP contribution < -0.4 is 0 Å². The fourth-order valence-corrected chi connectivity index (χ4v) is 3.34. The van der Waals surface area contributed by atoms with Gasteiger partial charge in [-0.2, -0.15) is 5.26 Å². The Morgan fingerprint density at radius 2 is 1.65 bits per heavy atom. The number of carbonyl (C=O) groups excluding carboxylic acids is 1. The molecule has 4 heteroatoms. The first-order chi connectivity index (χ1) is 12.7. The molecule has 2 aromatic rings. The van der Waals surface area contributed by atoms with Crippen molar-refractivity contribution in [2.75, 3.05) is 26.2 Å². The monoisotopic (exact) mass is 347 g/mol. The SMILES string of the molecule is CCc1ccc(C(=O)N2CCCN(Cc3ccc(C#N)cc3)CC2)cc1. The minimum atomic E-state index is 0.132. The molecule has 0 bridgehead atoms. The Bertz CT molecular complexity index is 775. The van der Waals surface area contributed by atoms with Gasteiger partial charge < -0.3 is 4.90 Å².